The van der Waals surface area contributed by atoms with E-state index in [9.17, 15) is 14.0 Å². The summed E-state index contributed by atoms with van der Waals surface area (Å²) in [6, 6.07) is 10.9. The molecule has 2 heterocycles. The van der Waals surface area contributed by atoms with E-state index in [1.807, 2.05) is 19.9 Å². The summed E-state index contributed by atoms with van der Waals surface area (Å²) < 4.78 is 15.8. The number of aryl methyl sites for hydroxylation is 3. The van der Waals surface area contributed by atoms with Gasteiger partial charge in [0.15, 0.2) is 0 Å². The Morgan fingerprint density at radius 2 is 2.00 bits per heavy atom. The van der Waals surface area contributed by atoms with Crippen molar-refractivity contribution < 1.29 is 14.0 Å². The van der Waals surface area contributed by atoms with Crippen molar-refractivity contribution in [1.29, 1.82) is 0 Å². The number of nitrogens with zero attached hydrogens (tertiary/aromatic N) is 2. The van der Waals surface area contributed by atoms with Crippen LogP contribution in [0, 0.1) is 19.7 Å². The van der Waals surface area contributed by atoms with Crippen LogP contribution in [-0.2, 0) is 11.8 Å². The Balaban J connectivity index is 1.80. The van der Waals surface area contributed by atoms with E-state index in [4.69, 9.17) is 0 Å². The summed E-state index contributed by atoms with van der Waals surface area (Å²) in [7, 11) is 1.75. The highest BCUT2D eigenvalue weighted by molar-refractivity contribution is 9.10. The summed E-state index contributed by atoms with van der Waals surface area (Å²) in [6.07, 6.45) is 0. The van der Waals surface area contributed by atoms with Crippen molar-refractivity contribution in [1.82, 2.24) is 15.1 Å². The maximum atomic E-state index is 13.9. The van der Waals surface area contributed by atoms with E-state index in [0.29, 0.717) is 16.9 Å². The first-order chi connectivity index (χ1) is 14.3. The molecular formula is C22H20BrFN4O2. The molecule has 30 heavy (non-hydrogen) atoms. The molecule has 2 N–H and O–H groups in total. The molecule has 0 saturated carbocycles. The molecule has 0 fully saturated rings. The number of amides is 2. The van der Waals surface area contributed by atoms with Gasteiger partial charge in [-0.25, -0.2) is 4.39 Å². The van der Waals surface area contributed by atoms with Crippen LogP contribution in [0.2, 0.25) is 0 Å². The molecule has 6 nitrogen and oxygen atoms in total. The minimum absolute atomic E-state index is 0.290. The topological polar surface area (TPSA) is 76.0 Å². The lowest BCUT2D eigenvalue weighted by molar-refractivity contribution is -0.118. The minimum atomic E-state index is -0.884. The molecule has 1 aliphatic heterocycles. The molecule has 2 aromatic carbocycles. The van der Waals surface area contributed by atoms with E-state index in [-0.39, 0.29) is 16.3 Å². The predicted molar refractivity (Wildman–Crippen MR) is 115 cm³/mol. The van der Waals surface area contributed by atoms with E-state index in [1.54, 1.807) is 42.1 Å². The number of fused-ring (bicyclic) bond motifs is 1. The number of anilines is 1. The van der Waals surface area contributed by atoms with Crippen LogP contribution in [-0.4, -0.2) is 27.6 Å². The number of nitrogens with one attached hydrogen (secondary N) is 2. The van der Waals surface area contributed by atoms with Crippen molar-refractivity contribution in [2.45, 2.75) is 25.8 Å². The zero-order chi connectivity index (χ0) is 21.6. The zero-order valence-electron chi connectivity index (χ0n) is 16.7. The highest BCUT2D eigenvalue weighted by Gasteiger charge is 2.41. The molecule has 8 heteroatoms. The second-order valence-electron chi connectivity index (χ2n) is 7.43. The smallest absolute Gasteiger partial charge is 0.251 e. The number of rotatable bonds is 3. The Labute approximate surface area is 181 Å². The lowest BCUT2D eigenvalue weighted by atomic mass is 9.82. The molecule has 0 radical (unpaired) electrons. The van der Waals surface area contributed by atoms with Crippen molar-refractivity contribution in [3.8, 4) is 0 Å². The van der Waals surface area contributed by atoms with E-state index >= 15 is 0 Å². The van der Waals surface area contributed by atoms with Crippen LogP contribution in [0.15, 0.2) is 46.9 Å². The molecule has 0 unspecified atom stereocenters. The number of hydrogen-bond donors (Lipinski definition) is 2. The van der Waals surface area contributed by atoms with Crippen LogP contribution in [0.3, 0.4) is 0 Å². The summed E-state index contributed by atoms with van der Waals surface area (Å²) in [6.45, 7) is 3.75. The molecule has 0 saturated heterocycles. The van der Waals surface area contributed by atoms with E-state index in [1.165, 1.54) is 6.07 Å². The third kappa shape index (κ3) is 3.52. The molecule has 3 aromatic rings. The standard InChI is InChI=1S/C22H20BrFN4O2/c1-11-5-4-6-14(9-11)21(29)25-19-18(13-7-8-16(24)15(23)10-13)17-12(2)27-28(3)20(17)26-22(19)30/h4-10,18-19H,1-3H3,(H,25,29)(H,26,30)/t18-,19-/m0/s1. The largest absolute Gasteiger partial charge is 0.339 e. The molecule has 0 aliphatic carbocycles. The molecule has 0 spiro atoms. The van der Waals surface area contributed by atoms with Crippen molar-refractivity contribution in [2.75, 3.05) is 5.32 Å². The van der Waals surface area contributed by atoms with Crippen LogP contribution in [0.4, 0.5) is 10.2 Å². The third-order valence-corrected chi connectivity index (χ3v) is 5.91. The second kappa shape index (κ2) is 7.68. The minimum Gasteiger partial charge on any atom is -0.339 e. The van der Waals surface area contributed by atoms with Gasteiger partial charge in [0.1, 0.15) is 17.7 Å². The molecular weight excluding hydrogens is 451 g/mol. The number of benzene rings is 2. The quantitative estimate of drug-likeness (QED) is 0.610. The van der Waals surface area contributed by atoms with Gasteiger partial charge < -0.3 is 10.6 Å². The summed E-state index contributed by atoms with van der Waals surface area (Å²) in [4.78, 5) is 26.0. The number of carbonyl (C=O) groups is 2. The number of carbonyl (C=O) groups excluding carboxylic acids is 2. The summed E-state index contributed by atoms with van der Waals surface area (Å²) in [5, 5.41) is 10.2. The zero-order valence-corrected chi connectivity index (χ0v) is 18.2. The van der Waals surface area contributed by atoms with Crippen LogP contribution >= 0.6 is 15.9 Å². The first-order valence-corrected chi connectivity index (χ1v) is 10.2. The molecule has 1 aromatic heterocycles. The van der Waals surface area contributed by atoms with Gasteiger partial charge in [-0.05, 0) is 59.6 Å². The second-order valence-corrected chi connectivity index (χ2v) is 8.29. The first kappa shape index (κ1) is 20.3. The Morgan fingerprint density at radius 3 is 2.70 bits per heavy atom. The number of aromatic nitrogens is 2. The van der Waals surface area contributed by atoms with Crippen molar-refractivity contribution in [3.63, 3.8) is 0 Å². The van der Waals surface area contributed by atoms with Crippen molar-refractivity contribution >= 4 is 33.6 Å². The molecule has 2 atom stereocenters. The maximum Gasteiger partial charge on any atom is 0.251 e. The van der Waals surface area contributed by atoms with Gasteiger partial charge in [0.2, 0.25) is 5.91 Å². The molecule has 154 valence electrons. The van der Waals surface area contributed by atoms with Gasteiger partial charge >= 0.3 is 0 Å². The normalized spacial score (nSPS) is 18.0. The third-order valence-electron chi connectivity index (χ3n) is 5.31. The fourth-order valence-electron chi connectivity index (χ4n) is 3.93. The molecule has 2 amide bonds. The first-order valence-electron chi connectivity index (χ1n) is 9.43. The molecule has 0 bridgehead atoms. The van der Waals surface area contributed by atoms with Crippen molar-refractivity contribution in [2.24, 2.45) is 7.05 Å². The Kier molecular flexibility index (Phi) is 5.19. The Bertz CT molecular complexity index is 1170. The number of halogens is 2. The van der Waals surface area contributed by atoms with Crippen LogP contribution < -0.4 is 10.6 Å². The monoisotopic (exact) mass is 470 g/mol. The summed E-state index contributed by atoms with van der Waals surface area (Å²) in [5.41, 5.74) is 3.64. The van der Waals surface area contributed by atoms with Gasteiger partial charge in [-0.2, -0.15) is 5.10 Å². The Hall–Kier alpha value is -3.00. The number of hydrogen-bond acceptors (Lipinski definition) is 3. The van der Waals surface area contributed by atoms with Gasteiger partial charge in [0.25, 0.3) is 5.91 Å². The highest BCUT2D eigenvalue weighted by atomic mass is 79.9. The predicted octanol–water partition coefficient (Wildman–Crippen LogP) is 3.82. The lowest BCUT2D eigenvalue weighted by Crippen LogP contribution is -2.50. The van der Waals surface area contributed by atoms with Crippen LogP contribution in [0.1, 0.15) is 38.7 Å². The van der Waals surface area contributed by atoms with E-state index in [0.717, 1.165) is 16.8 Å². The maximum absolute atomic E-state index is 13.9. The fraction of sp³-hybridized carbons (Fsp3) is 0.227. The van der Waals surface area contributed by atoms with Gasteiger partial charge in [0.05, 0.1) is 10.2 Å². The molecule has 4 rings (SSSR count). The average Bonchev–Trinajstić information content (AvgIpc) is 2.98. The van der Waals surface area contributed by atoms with Gasteiger partial charge in [-0.15, -0.1) is 0 Å². The Morgan fingerprint density at radius 1 is 1.23 bits per heavy atom. The van der Waals surface area contributed by atoms with Crippen LogP contribution in [0.25, 0.3) is 0 Å². The van der Waals surface area contributed by atoms with Crippen molar-refractivity contribution in [3.05, 3.63) is 80.7 Å². The highest BCUT2D eigenvalue weighted by Crippen LogP contribution is 2.40. The SMILES string of the molecule is Cc1cccc(C(=O)N[C@@H]2C(=O)Nc3c(c(C)nn3C)[C@@H]2c2ccc(F)c(Br)c2)c1. The lowest BCUT2D eigenvalue weighted by Gasteiger charge is -2.32. The van der Waals surface area contributed by atoms with Gasteiger partial charge in [0, 0.05) is 24.1 Å². The average molecular weight is 471 g/mol. The summed E-state index contributed by atoms with van der Waals surface area (Å²) >= 11 is 3.22. The summed E-state index contributed by atoms with van der Waals surface area (Å²) in [5.74, 6) is -1.05. The van der Waals surface area contributed by atoms with E-state index in [2.05, 4.69) is 31.7 Å². The van der Waals surface area contributed by atoms with E-state index < -0.39 is 17.8 Å². The molecule has 1 aliphatic rings. The van der Waals surface area contributed by atoms with Crippen LogP contribution in [0.5, 0.6) is 0 Å². The van der Waals surface area contributed by atoms with Gasteiger partial charge in [-0.1, -0.05) is 23.8 Å². The van der Waals surface area contributed by atoms with Gasteiger partial charge in [-0.3, -0.25) is 14.3 Å². The fourth-order valence-corrected chi connectivity index (χ4v) is 4.33.